The largest absolute Gasteiger partial charge is 0.497 e. The Bertz CT molecular complexity index is 274. The Morgan fingerprint density at radius 1 is 1.69 bits per heavy atom. The number of ether oxygens (including phenoxy) is 1. The maximum atomic E-state index is 8.08. The molecule has 0 aliphatic heterocycles. The van der Waals surface area contributed by atoms with Gasteiger partial charge in [-0.2, -0.15) is 0 Å². The first-order valence-corrected chi connectivity index (χ1v) is 3.67. The predicted molar refractivity (Wildman–Crippen MR) is 52.4 cm³/mol. The minimum Gasteiger partial charge on any atom is -0.497 e. The van der Waals surface area contributed by atoms with Gasteiger partial charge < -0.3 is 4.74 Å². The highest BCUT2D eigenvalue weighted by Crippen LogP contribution is 2.04. The van der Waals surface area contributed by atoms with Gasteiger partial charge in [-0.05, 0) is 25.2 Å². The van der Waals surface area contributed by atoms with Crippen LogP contribution in [0.1, 0.15) is 6.92 Å². The Balaban J connectivity index is 4.53. The monoisotopic (exact) mass is 180 g/mol. The van der Waals surface area contributed by atoms with Gasteiger partial charge in [-0.1, -0.05) is 5.11 Å². The van der Waals surface area contributed by atoms with Crippen LogP contribution in [0.25, 0.3) is 10.4 Å². The summed E-state index contributed by atoms with van der Waals surface area (Å²) in [5.74, 6) is 0.663. The molecule has 0 fully saturated rings. The van der Waals surface area contributed by atoms with Crippen molar-refractivity contribution in [3.8, 4) is 0 Å². The van der Waals surface area contributed by atoms with Gasteiger partial charge in [0.1, 0.15) is 5.76 Å². The molecule has 0 amide bonds. The lowest BCUT2D eigenvalue weighted by molar-refractivity contribution is 0.305. The molecule has 0 N–H and O–H groups in total. The van der Waals surface area contributed by atoms with Crippen LogP contribution in [-0.4, -0.2) is 20.4 Å². The Labute approximate surface area is 77.1 Å². The summed E-state index contributed by atoms with van der Waals surface area (Å²) in [5, 5.41) is 3.36. The minimum absolute atomic E-state index is 0.181. The fraction of sp³-hybridized carbons (Fsp3) is 0.375. The van der Waals surface area contributed by atoms with Crippen LogP contribution in [0.4, 0.5) is 0 Å². The zero-order valence-electron chi connectivity index (χ0n) is 7.77. The van der Waals surface area contributed by atoms with E-state index in [1.54, 1.807) is 19.3 Å². The van der Waals surface area contributed by atoms with Gasteiger partial charge in [0, 0.05) is 16.7 Å². The average molecular weight is 180 g/mol. The van der Waals surface area contributed by atoms with Crippen LogP contribution in [0, 0.1) is 0 Å². The van der Waals surface area contributed by atoms with E-state index in [0.717, 1.165) is 0 Å². The van der Waals surface area contributed by atoms with Gasteiger partial charge in [-0.3, -0.25) is 4.99 Å². The van der Waals surface area contributed by atoms with E-state index in [4.69, 9.17) is 10.3 Å². The lowest BCUT2D eigenvalue weighted by Crippen LogP contribution is -1.87. The van der Waals surface area contributed by atoms with Crippen molar-refractivity contribution < 1.29 is 4.74 Å². The standard InChI is InChI=1S/C8H12N4O/c1-4-8(13-3)5-7(10-2)6-11-12-9/h4-5H,2,6H2,1,3H3/b7-5-,8-4+. The number of nitrogens with zero attached hydrogens (tertiary/aromatic N) is 4. The quantitative estimate of drug-likeness (QED) is 0.160. The number of hydrogen-bond acceptors (Lipinski definition) is 3. The Morgan fingerprint density at radius 3 is 2.77 bits per heavy atom. The molecule has 0 saturated heterocycles. The SMILES string of the molecule is C=N/C(=C\C(=C/C)OC)CN=[N+]=[N-]. The van der Waals surface area contributed by atoms with E-state index in [9.17, 15) is 0 Å². The molecule has 0 atom stereocenters. The Kier molecular flexibility index (Phi) is 6.01. The number of rotatable bonds is 5. The third-order valence-electron chi connectivity index (χ3n) is 1.33. The summed E-state index contributed by atoms with van der Waals surface area (Å²) in [6.07, 6.45) is 3.45. The van der Waals surface area contributed by atoms with Crippen LogP contribution < -0.4 is 0 Å². The van der Waals surface area contributed by atoms with Gasteiger partial charge in [-0.15, -0.1) is 0 Å². The van der Waals surface area contributed by atoms with Crippen molar-refractivity contribution in [1.29, 1.82) is 0 Å². The fourth-order valence-corrected chi connectivity index (χ4v) is 0.670. The van der Waals surface area contributed by atoms with Crippen LogP contribution in [0.15, 0.2) is 33.7 Å². The zero-order chi connectivity index (χ0) is 10.1. The van der Waals surface area contributed by atoms with Crippen molar-refractivity contribution in [2.45, 2.75) is 6.92 Å². The van der Waals surface area contributed by atoms with Crippen molar-refractivity contribution in [1.82, 2.24) is 0 Å². The van der Waals surface area contributed by atoms with Crippen LogP contribution in [0.3, 0.4) is 0 Å². The highest BCUT2D eigenvalue weighted by atomic mass is 16.5. The smallest absolute Gasteiger partial charge is 0.116 e. The van der Waals surface area contributed by atoms with E-state index < -0.39 is 0 Å². The number of azide groups is 1. The molecular weight excluding hydrogens is 168 g/mol. The summed E-state index contributed by atoms with van der Waals surface area (Å²) in [7, 11) is 1.56. The second-order valence-corrected chi connectivity index (χ2v) is 2.08. The molecule has 0 aliphatic carbocycles. The van der Waals surface area contributed by atoms with E-state index in [0.29, 0.717) is 11.5 Å². The lowest BCUT2D eigenvalue weighted by atomic mass is 10.3. The van der Waals surface area contributed by atoms with Gasteiger partial charge in [-0.25, -0.2) is 0 Å². The third kappa shape index (κ3) is 4.66. The van der Waals surface area contributed by atoms with Crippen LogP contribution >= 0.6 is 0 Å². The van der Waals surface area contributed by atoms with Gasteiger partial charge in [0.25, 0.3) is 0 Å². The molecule has 0 radical (unpaired) electrons. The van der Waals surface area contributed by atoms with Gasteiger partial charge in [0.2, 0.25) is 0 Å². The van der Waals surface area contributed by atoms with Crippen LogP contribution in [-0.2, 0) is 4.74 Å². The predicted octanol–water partition coefficient (Wildman–Crippen LogP) is 2.43. The molecule has 0 aromatic carbocycles. The topological polar surface area (TPSA) is 70.4 Å². The number of methoxy groups -OCH3 is 1. The van der Waals surface area contributed by atoms with E-state index in [2.05, 4.69) is 21.7 Å². The summed E-state index contributed by atoms with van der Waals surface area (Å²) in [6, 6.07) is 0. The van der Waals surface area contributed by atoms with Crippen molar-refractivity contribution in [3.63, 3.8) is 0 Å². The van der Waals surface area contributed by atoms with Gasteiger partial charge >= 0.3 is 0 Å². The van der Waals surface area contributed by atoms with E-state index >= 15 is 0 Å². The minimum atomic E-state index is 0.181. The van der Waals surface area contributed by atoms with Gasteiger partial charge in [0.15, 0.2) is 0 Å². The summed E-state index contributed by atoms with van der Waals surface area (Å²) < 4.78 is 4.97. The number of hydrogen-bond donors (Lipinski definition) is 0. The number of aliphatic imine (C=N–C) groups is 1. The lowest BCUT2D eigenvalue weighted by Gasteiger charge is -2.00. The second-order valence-electron chi connectivity index (χ2n) is 2.08. The molecule has 0 aromatic heterocycles. The fourth-order valence-electron chi connectivity index (χ4n) is 0.670. The molecule has 0 rings (SSSR count). The Hall–Kier alpha value is -1.74. The van der Waals surface area contributed by atoms with Crippen molar-refractivity contribution >= 4 is 6.72 Å². The first kappa shape index (κ1) is 11.3. The summed E-state index contributed by atoms with van der Waals surface area (Å²) in [4.78, 5) is 6.31. The molecule has 0 aliphatic rings. The summed E-state index contributed by atoms with van der Waals surface area (Å²) in [5.41, 5.74) is 8.66. The molecule has 5 heteroatoms. The molecule has 0 saturated carbocycles. The molecule has 0 heterocycles. The maximum absolute atomic E-state index is 8.08. The zero-order valence-corrected chi connectivity index (χ0v) is 7.77. The highest BCUT2D eigenvalue weighted by Gasteiger charge is 1.93. The highest BCUT2D eigenvalue weighted by molar-refractivity contribution is 5.31. The van der Waals surface area contributed by atoms with Crippen LogP contribution in [0.2, 0.25) is 0 Å². The summed E-state index contributed by atoms with van der Waals surface area (Å²) in [6.45, 7) is 5.37. The van der Waals surface area contributed by atoms with E-state index in [1.807, 2.05) is 6.92 Å². The van der Waals surface area contributed by atoms with Crippen molar-refractivity contribution in [3.05, 3.63) is 34.1 Å². The molecule has 0 unspecified atom stereocenters. The van der Waals surface area contributed by atoms with E-state index in [1.165, 1.54) is 0 Å². The molecule has 5 nitrogen and oxygen atoms in total. The molecule has 0 bridgehead atoms. The maximum Gasteiger partial charge on any atom is 0.116 e. The first-order chi connectivity index (χ1) is 6.28. The first-order valence-electron chi connectivity index (χ1n) is 3.67. The van der Waals surface area contributed by atoms with Gasteiger partial charge in [0.05, 0.1) is 13.7 Å². The molecule has 13 heavy (non-hydrogen) atoms. The molecular formula is C8H12N4O. The van der Waals surface area contributed by atoms with Crippen molar-refractivity contribution in [2.75, 3.05) is 13.7 Å². The normalized spacial score (nSPS) is 11.8. The van der Waals surface area contributed by atoms with Crippen molar-refractivity contribution in [2.24, 2.45) is 10.1 Å². The summed E-state index contributed by atoms with van der Waals surface area (Å²) >= 11 is 0. The molecule has 0 spiro atoms. The number of allylic oxidation sites excluding steroid dienone is 2. The van der Waals surface area contributed by atoms with E-state index in [-0.39, 0.29) is 6.54 Å². The third-order valence-corrected chi connectivity index (χ3v) is 1.33. The second kappa shape index (κ2) is 6.94. The van der Waals surface area contributed by atoms with Crippen LogP contribution in [0.5, 0.6) is 0 Å². The Morgan fingerprint density at radius 2 is 2.38 bits per heavy atom. The molecule has 0 aromatic rings. The average Bonchev–Trinajstić information content (AvgIpc) is 2.19. The molecule has 70 valence electrons.